The molecule has 0 amide bonds. The van der Waals surface area contributed by atoms with E-state index >= 15 is 0 Å². The van der Waals surface area contributed by atoms with Crippen LogP contribution in [0.15, 0.2) is 18.3 Å². The van der Waals surface area contributed by atoms with Gasteiger partial charge in [-0.25, -0.2) is 0 Å². The van der Waals surface area contributed by atoms with Gasteiger partial charge in [0.05, 0.1) is 16.8 Å². The number of hydrogen-bond acceptors (Lipinski definition) is 2. The molecule has 0 radical (unpaired) electrons. The van der Waals surface area contributed by atoms with E-state index in [4.69, 9.17) is 11.6 Å². The third-order valence-electron chi connectivity index (χ3n) is 2.01. The van der Waals surface area contributed by atoms with Gasteiger partial charge in [0.2, 0.25) is 0 Å². The van der Waals surface area contributed by atoms with Crippen molar-refractivity contribution in [3.63, 3.8) is 0 Å². The predicted octanol–water partition coefficient (Wildman–Crippen LogP) is 2.29. The van der Waals surface area contributed by atoms with Gasteiger partial charge in [0.15, 0.2) is 0 Å². The van der Waals surface area contributed by atoms with Crippen molar-refractivity contribution >= 4 is 11.6 Å². The molecule has 0 aliphatic heterocycles. The van der Waals surface area contributed by atoms with E-state index in [1.807, 2.05) is 13.8 Å². The van der Waals surface area contributed by atoms with Crippen molar-refractivity contribution < 1.29 is 5.11 Å². The van der Waals surface area contributed by atoms with Gasteiger partial charge in [0.1, 0.15) is 0 Å². The van der Waals surface area contributed by atoms with Gasteiger partial charge in [0, 0.05) is 12.6 Å². The summed E-state index contributed by atoms with van der Waals surface area (Å²) >= 11 is 5.90. The van der Waals surface area contributed by atoms with E-state index in [2.05, 4.69) is 4.98 Å². The number of hydrogen-bond donors (Lipinski definition) is 1. The lowest BCUT2D eigenvalue weighted by atomic mass is 10.0. The first-order chi connectivity index (χ1) is 6.11. The summed E-state index contributed by atoms with van der Waals surface area (Å²) in [6.45, 7) is 3.95. The van der Waals surface area contributed by atoms with Crippen molar-refractivity contribution in [1.82, 2.24) is 4.98 Å². The first-order valence-corrected chi connectivity index (χ1v) is 4.76. The third kappa shape index (κ3) is 2.98. The Morgan fingerprint density at radius 1 is 1.54 bits per heavy atom. The van der Waals surface area contributed by atoms with Gasteiger partial charge in [-0.2, -0.15) is 0 Å². The van der Waals surface area contributed by atoms with E-state index in [9.17, 15) is 5.11 Å². The molecule has 0 spiro atoms. The Hall–Kier alpha value is -0.600. The summed E-state index contributed by atoms with van der Waals surface area (Å²) in [7, 11) is 0. The Bertz CT molecular complexity index is 275. The molecule has 72 valence electrons. The minimum atomic E-state index is -0.368. The van der Waals surface area contributed by atoms with Crippen molar-refractivity contribution in [2.45, 2.75) is 26.4 Å². The van der Waals surface area contributed by atoms with Crippen molar-refractivity contribution in [2.24, 2.45) is 5.92 Å². The lowest BCUT2D eigenvalue weighted by molar-refractivity contribution is 0.124. The Kier molecular flexibility index (Phi) is 3.70. The van der Waals surface area contributed by atoms with Gasteiger partial charge in [-0.1, -0.05) is 25.4 Å². The number of aliphatic hydroxyl groups is 1. The first-order valence-electron chi connectivity index (χ1n) is 4.38. The van der Waals surface area contributed by atoms with E-state index in [1.54, 1.807) is 18.3 Å². The molecule has 0 saturated carbocycles. The quantitative estimate of drug-likeness (QED) is 0.811. The monoisotopic (exact) mass is 199 g/mol. The standard InChI is InChI=1S/C10H14ClNO/c1-7(2)10(13)6-9-8(11)4-3-5-12-9/h3-5,7,10,13H,6H2,1-2H3. The molecule has 0 saturated heterocycles. The minimum Gasteiger partial charge on any atom is -0.392 e. The highest BCUT2D eigenvalue weighted by atomic mass is 35.5. The Labute approximate surface area is 83.6 Å². The molecule has 0 fully saturated rings. The summed E-state index contributed by atoms with van der Waals surface area (Å²) in [4.78, 5) is 4.11. The van der Waals surface area contributed by atoms with E-state index in [1.165, 1.54) is 0 Å². The number of aromatic nitrogens is 1. The fourth-order valence-electron chi connectivity index (χ4n) is 1.00. The molecule has 3 heteroatoms. The number of halogens is 1. The molecule has 1 heterocycles. The third-order valence-corrected chi connectivity index (χ3v) is 2.35. The number of aliphatic hydroxyl groups excluding tert-OH is 1. The van der Waals surface area contributed by atoms with E-state index < -0.39 is 0 Å². The van der Waals surface area contributed by atoms with Crippen LogP contribution in [0.4, 0.5) is 0 Å². The van der Waals surface area contributed by atoms with Crippen molar-refractivity contribution in [3.05, 3.63) is 29.0 Å². The molecule has 1 atom stereocenters. The second-order valence-electron chi connectivity index (χ2n) is 3.45. The van der Waals surface area contributed by atoms with Crippen LogP contribution in [0.3, 0.4) is 0 Å². The average molecular weight is 200 g/mol. The van der Waals surface area contributed by atoms with Crippen molar-refractivity contribution in [3.8, 4) is 0 Å². The van der Waals surface area contributed by atoms with Gasteiger partial charge in [-0.05, 0) is 18.1 Å². The normalized spacial score (nSPS) is 13.3. The maximum Gasteiger partial charge on any atom is 0.0622 e. The van der Waals surface area contributed by atoms with E-state index in [-0.39, 0.29) is 12.0 Å². The van der Waals surface area contributed by atoms with Crippen LogP contribution in [0.5, 0.6) is 0 Å². The fourth-order valence-corrected chi connectivity index (χ4v) is 1.20. The summed E-state index contributed by atoms with van der Waals surface area (Å²) < 4.78 is 0. The van der Waals surface area contributed by atoms with E-state index in [0.29, 0.717) is 11.4 Å². The Morgan fingerprint density at radius 2 is 2.23 bits per heavy atom. The first kappa shape index (κ1) is 10.5. The molecule has 0 aliphatic carbocycles. The molecule has 1 aromatic heterocycles. The highest BCUT2D eigenvalue weighted by Gasteiger charge is 2.12. The van der Waals surface area contributed by atoms with Crippen LogP contribution in [0.25, 0.3) is 0 Å². The zero-order valence-corrected chi connectivity index (χ0v) is 8.62. The van der Waals surface area contributed by atoms with Crippen LogP contribution in [-0.2, 0) is 6.42 Å². The molecule has 0 bridgehead atoms. The molecule has 1 aromatic rings. The summed E-state index contributed by atoms with van der Waals surface area (Å²) in [5, 5.41) is 10.2. The predicted molar refractivity (Wildman–Crippen MR) is 53.8 cm³/mol. The topological polar surface area (TPSA) is 33.1 Å². The number of rotatable bonds is 3. The summed E-state index contributed by atoms with van der Waals surface area (Å²) in [6, 6.07) is 3.57. The zero-order chi connectivity index (χ0) is 9.84. The van der Waals surface area contributed by atoms with Crippen LogP contribution < -0.4 is 0 Å². The maximum absolute atomic E-state index is 9.61. The SMILES string of the molecule is CC(C)C(O)Cc1ncccc1Cl. The lowest BCUT2D eigenvalue weighted by Gasteiger charge is -2.13. The Morgan fingerprint density at radius 3 is 2.77 bits per heavy atom. The van der Waals surface area contributed by atoms with Gasteiger partial charge in [-0.15, -0.1) is 0 Å². The summed E-state index contributed by atoms with van der Waals surface area (Å²) in [6.07, 6.45) is 1.85. The average Bonchev–Trinajstić information content (AvgIpc) is 2.08. The second-order valence-corrected chi connectivity index (χ2v) is 3.85. The highest BCUT2D eigenvalue weighted by Crippen LogP contribution is 2.16. The molecule has 0 aromatic carbocycles. The van der Waals surface area contributed by atoms with Crippen LogP contribution in [0.1, 0.15) is 19.5 Å². The van der Waals surface area contributed by atoms with Crippen LogP contribution in [-0.4, -0.2) is 16.2 Å². The van der Waals surface area contributed by atoms with Gasteiger partial charge in [0.25, 0.3) is 0 Å². The van der Waals surface area contributed by atoms with Crippen molar-refractivity contribution in [2.75, 3.05) is 0 Å². The maximum atomic E-state index is 9.61. The minimum absolute atomic E-state index is 0.234. The van der Waals surface area contributed by atoms with Crippen molar-refractivity contribution in [1.29, 1.82) is 0 Å². The molecule has 13 heavy (non-hydrogen) atoms. The highest BCUT2D eigenvalue weighted by molar-refractivity contribution is 6.31. The largest absolute Gasteiger partial charge is 0.392 e. The summed E-state index contributed by atoms with van der Waals surface area (Å²) in [5.41, 5.74) is 0.769. The molecular formula is C10H14ClNO. The molecule has 1 rings (SSSR count). The molecule has 1 N–H and O–H groups in total. The van der Waals surface area contributed by atoms with E-state index in [0.717, 1.165) is 5.69 Å². The Balaban J connectivity index is 2.69. The fraction of sp³-hybridized carbons (Fsp3) is 0.500. The summed E-state index contributed by atoms with van der Waals surface area (Å²) in [5.74, 6) is 0.234. The molecular weight excluding hydrogens is 186 g/mol. The molecule has 2 nitrogen and oxygen atoms in total. The van der Waals surface area contributed by atoms with Crippen LogP contribution in [0.2, 0.25) is 5.02 Å². The van der Waals surface area contributed by atoms with Crippen LogP contribution in [0, 0.1) is 5.92 Å². The number of pyridine rings is 1. The smallest absolute Gasteiger partial charge is 0.0622 e. The molecule has 0 aliphatic rings. The van der Waals surface area contributed by atoms with Crippen LogP contribution >= 0.6 is 11.6 Å². The number of nitrogens with zero attached hydrogens (tertiary/aromatic N) is 1. The molecule has 1 unspecified atom stereocenters. The zero-order valence-electron chi connectivity index (χ0n) is 7.87. The van der Waals surface area contributed by atoms with Gasteiger partial charge in [-0.3, -0.25) is 4.98 Å². The second kappa shape index (κ2) is 4.58. The van der Waals surface area contributed by atoms with Gasteiger partial charge >= 0.3 is 0 Å². The lowest BCUT2D eigenvalue weighted by Crippen LogP contribution is -2.18. The van der Waals surface area contributed by atoms with Gasteiger partial charge < -0.3 is 5.11 Å².